The van der Waals surface area contributed by atoms with Crippen LogP contribution in [0.1, 0.15) is 5.69 Å². The minimum absolute atomic E-state index is 0.732. The van der Waals surface area contributed by atoms with Crippen molar-refractivity contribution in [2.75, 3.05) is 24.3 Å². The highest BCUT2D eigenvalue weighted by molar-refractivity contribution is 5.59. The van der Waals surface area contributed by atoms with E-state index in [1.165, 1.54) is 6.33 Å². The molecule has 0 saturated heterocycles. The molecule has 0 fully saturated rings. The van der Waals surface area contributed by atoms with Crippen LogP contribution in [0.2, 0.25) is 0 Å². The summed E-state index contributed by atoms with van der Waals surface area (Å²) in [6, 6.07) is 15.5. The monoisotopic (exact) mass is 321 g/mol. The number of hydrogen-bond acceptors (Lipinski definition) is 6. The summed E-state index contributed by atoms with van der Waals surface area (Å²) in [5, 5.41) is 6.53. The average molecular weight is 321 g/mol. The van der Waals surface area contributed by atoms with Gasteiger partial charge in [0.15, 0.2) is 0 Å². The zero-order valence-electron chi connectivity index (χ0n) is 13.4. The SMILES string of the molecule is COc1ccc(Nc2cc(NCCc3ccccn3)ncn2)cc1. The Kier molecular flexibility index (Phi) is 5.19. The van der Waals surface area contributed by atoms with Crippen LogP contribution in [0.5, 0.6) is 5.75 Å². The number of hydrogen-bond donors (Lipinski definition) is 2. The normalized spacial score (nSPS) is 10.2. The molecule has 0 radical (unpaired) electrons. The van der Waals surface area contributed by atoms with Crippen LogP contribution < -0.4 is 15.4 Å². The van der Waals surface area contributed by atoms with Gasteiger partial charge in [-0.1, -0.05) is 6.07 Å². The van der Waals surface area contributed by atoms with Crippen LogP contribution in [0.25, 0.3) is 0 Å². The highest BCUT2D eigenvalue weighted by Gasteiger charge is 2.01. The minimum atomic E-state index is 0.732. The summed E-state index contributed by atoms with van der Waals surface area (Å²) in [6.45, 7) is 0.760. The summed E-state index contributed by atoms with van der Waals surface area (Å²) >= 11 is 0. The maximum Gasteiger partial charge on any atom is 0.135 e. The Balaban J connectivity index is 1.57. The highest BCUT2D eigenvalue weighted by Crippen LogP contribution is 2.19. The summed E-state index contributed by atoms with van der Waals surface area (Å²) in [5.41, 5.74) is 1.99. The molecule has 0 bridgehead atoms. The predicted octanol–water partition coefficient (Wildman–Crippen LogP) is 3.28. The van der Waals surface area contributed by atoms with E-state index in [4.69, 9.17) is 4.74 Å². The second-order valence-corrected chi connectivity index (χ2v) is 5.14. The van der Waals surface area contributed by atoms with Gasteiger partial charge < -0.3 is 15.4 Å². The van der Waals surface area contributed by atoms with Crippen molar-refractivity contribution in [2.24, 2.45) is 0 Å². The molecule has 6 nitrogen and oxygen atoms in total. The van der Waals surface area contributed by atoms with Crippen LogP contribution in [-0.2, 0) is 6.42 Å². The standard InChI is InChI=1S/C18H19N5O/c1-24-16-7-5-15(6-8-16)23-18-12-17(21-13-22-18)20-11-9-14-4-2-3-10-19-14/h2-8,10,12-13H,9,11H2,1H3,(H2,20,21,22,23). The van der Waals surface area contributed by atoms with Gasteiger partial charge >= 0.3 is 0 Å². The third kappa shape index (κ3) is 4.42. The first-order chi connectivity index (χ1) is 11.8. The van der Waals surface area contributed by atoms with E-state index in [1.807, 2.05) is 48.5 Å². The number of nitrogens with one attached hydrogen (secondary N) is 2. The number of nitrogens with zero attached hydrogens (tertiary/aromatic N) is 3. The van der Waals surface area contributed by atoms with Crippen LogP contribution in [0.4, 0.5) is 17.3 Å². The molecule has 0 unspecified atom stereocenters. The lowest BCUT2D eigenvalue weighted by atomic mass is 10.3. The second-order valence-electron chi connectivity index (χ2n) is 5.14. The van der Waals surface area contributed by atoms with Crippen molar-refractivity contribution >= 4 is 17.3 Å². The molecule has 6 heteroatoms. The lowest BCUT2D eigenvalue weighted by molar-refractivity contribution is 0.415. The zero-order valence-corrected chi connectivity index (χ0v) is 13.4. The summed E-state index contributed by atoms with van der Waals surface area (Å²) in [4.78, 5) is 12.8. The lowest BCUT2D eigenvalue weighted by Gasteiger charge is -2.09. The molecule has 0 aliphatic carbocycles. The first kappa shape index (κ1) is 15.7. The van der Waals surface area contributed by atoms with Gasteiger partial charge in [-0.25, -0.2) is 9.97 Å². The van der Waals surface area contributed by atoms with Crippen LogP contribution in [0.3, 0.4) is 0 Å². The fourth-order valence-corrected chi connectivity index (χ4v) is 2.21. The van der Waals surface area contributed by atoms with Gasteiger partial charge in [0.1, 0.15) is 23.7 Å². The van der Waals surface area contributed by atoms with Gasteiger partial charge in [-0.3, -0.25) is 4.98 Å². The Morgan fingerprint density at radius 3 is 2.54 bits per heavy atom. The van der Waals surface area contributed by atoms with Gasteiger partial charge in [0.05, 0.1) is 7.11 Å². The molecular formula is C18H19N5O. The molecule has 0 saturated carbocycles. The highest BCUT2D eigenvalue weighted by atomic mass is 16.5. The maximum absolute atomic E-state index is 5.15. The Morgan fingerprint density at radius 2 is 1.79 bits per heavy atom. The molecule has 2 aromatic heterocycles. The van der Waals surface area contributed by atoms with Crippen molar-refractivity contribution in [3.05, 3.63) is 66.7 Å². The third-order valence-corrected chi connectivity index (χ3v) is 3.44. The smallest absolute Gasteiger partial charge is 0.135 e. The van der Waals surface area contributed by atoms with Crippen molar-refractivity contribution in [3.8, 4) is 5.75 Å². The van der Waals surface area contributed by atoms with Crippen molar-refractivity contribution in [2.45, 2.75) is 6.42 Å². The number of pyridine rings is 1. The van der Waals surface area contributed by atoms with Crippen LogP contribution >= 0.6 is 0 Å². The average Bonchev–Trinajstić information content (AvgIpc) is 2.64. The Labute approximate surface area is 141 Å². The van der Waals surface area contributed by atoms with E-state index in [9.17, 15) is 0 Å². The molecule has 0 amide bonds. The number of methoxy groups -OCH3 is 1. The van der Waals surface area contributed by atoms with Gasteiger partial charge in [0.2, 0.25) is 0 Å². The number of benzene rings is 1. The van der Waals surface area contributed by atoms with Gasteiger partial charge in [-0.2, -0.15) is 0 Å². The van der Waals surface area contributed by atoms with Crippen LogP contribution in [0, 0.1) is 0 Å². The molecule has 2 heterocycles. The van der Waals surface area contributed by atoms with Crippen molar-refractivity contribution in [3.63, 3.8) is 0 Å². The minimum Gasteiger partial charge on any atom is -0.497 e. The third-order valence-electron chi connectivity index (χ3n) is 3.44. The van der Waals surface area contributed by atoms with E-state index in [2.05, 4.69) is 25.6 Å². The van der Waals surface area contributed by atoms with Gasteiger partial charge in [0.25, 0.3) is 0 Å². The molecule has 0 aliphatic rings. The van der Waals surface area contributed by atoms with Crippen LogP contribution in [0.15, 0.2) is 61.1 Å². The van der Waals surface area contributed by atoms with E-state index in [-0.39, 0.29) is 0 Å². The van der Waals surface area contributed by atoms with Gasteiger partial charge in [-0.05, 0) is 36.4 Å². The zero-order chi connectivity index (χ0) is 16.6. The number of rotatable bonds is 7. The van der Waals surface area contributed by atoms with Gasteiger partial charge in [-0.15, -0.1) is 0 Å². The molecule has 122 valence electrons. The first-order valence-electron chi connectivity index (χ1n) is 7.70. The summed E-state index contributed by atoms with van der Waals surface area (Å²) in [5.74, 6) is 2.33. The molecule has 3 aromatic rings. The number of anilines is 3. The van der Waals surface area contributed by atoms with E-state index >= 15 is 0 Å². The Hall–Kier alpha value is -3.15. The largest absolute Gasteiger partial charge is 0.497 e. The topological polar surface area (TPSA) is 72.0 Å². The van der Waals surface area contributed by atoms with Crippen molar-refractivity contribution in [1.29, 1.82) is 0 Å². The quantitative estimate of drug-likeness (QED) is 0.696. The summed E-state index contributed by atoms with van der Waals surface area (Å²) in [7, 11) is 1.65. The first-order valence-corrected chi connectivity index (χ1v) is 7.70. The Bertz CT molecular complexity index is 762. The molecular weight excluding hydrogens is 302 g/mol. The molecule has 2 N–H and O–H groups in total. The fourth-order valence-electron chi connectivity index (χ4n) is 2.21. The molecule has 3 rings (SSSR count). The van der Waals surface area contributed by atoms with E-state index in [0.29, 0.717) is 0 Å². The molecule has 0 spiro atoms. The van der Waals surface area contributed by atoms with E-state index in [1.54, 1.807) is 13.3 Å². The molecule has 24 heavy (non-hydrogen) atoms. The maximum atomic E-state index is 5.15. The molecule has 0 aliphatic heterocycles. The number of aromatic nitrogens is 3. The fraction of sp³-hybridized carbons (Fsp3) is 0.167. The molecule has 0 atom stereocenters. The van der Waals surface area contributed by atoms with E-state index < -0.39 is 0 Å². The number of ether oxygens (including phenoxy) is 1. The Morgan fingerprint density at radius 1 is 0.958 bits per heavy atom. The van der Waals surface area contributed by atoms with E-state index in [0.717, 1.165) is 41.7 Å². The van der Waals surface area contributed by atoms with Crippen molar-refractivity contribution < 1.29 is 4.74 Å². The predicted molar refractivity (Wildman–Crippen MR) is 94.7 cm³/mol. The summed E-state index contributed by atoms with van der Waals surface area (Å²) < 4.78 is 5.15. The summed E-state index contributed by atoms with van der Waals surface area (Å²) in [6.07, 6.45) is 4.18. The van der Waals surface area contributed by atoms with Gasteiger partial charge in [0, 0.05) is 36.6 Å². The lowest BCUT2D eigenvalue weighted by Crippen LogP contribution is -2.07. The van der Waals surface area contributed by atoms with Crippen molar-refractivity contribution in [1.82, 2.24) is 15.0 Å². The molecule has 1 aromatic carbocycles. The van der Waals surface area contributed by atoms with Crippen LogP contribution in [-0.4, -0.2) is 28.6 Å². The second kappa shape index (κ2) is 7.92.